The monoisotopic (exact) mass is 326 g/mol. The van der Waals surface area contributed by atoms with E-state index in [1.807, 2.05) is 0 Å². The zero-order chi connectivity index (χ0) is 16.4. The summed E-state index contributed by atoms with van der Waals surface area (Å²) in [6.45, 7) is 1.12. The van der Waals surface area contributed by atoms with Crippen LogP contribution in [0.5, 0.6) is 0 Å². The standard InChI is InChI=1S/C17H21F3N2O/c18-17(19,20)13-5-3-4-12(10-13)11-22-15-8-9-21-14(15)6-1-2-7-16(22)23/h3-5,10,14-15,21H,1-2,6-9,11H2. The molecular weight excluding hydrogens is 305 g/mol. The minimum Gasteiger partial charge on any atom is -0.334 e. The van der Waals surface area contributed by atoms with Crippen molar-refractivity contribution in [2.45, 2.75) is 56.9 Å². The Kier molecular flexibility index (Phi) is 4.62. The molecule has 2 heterocycles. The third kappa shape index (κ3) is 3.68. The van der Waals surface area contributed by atoms with Crippen LogP contribution in [0.15, 0.2) is 24.3 Å². The first-order chi connectivity index (χ1) is 10.9. The van der Waals surface area contributed by atoms with Gasteiger partial charge in [0.15, 0.2) is 0 Å². The fourth-order valence-electron chi connectivity index (χ4n) is 3.64. The molecule has 2 unspecified atom stereocenters. The fourth-order valence-corrected chi connectivity index (χ4v) is 3.64. The third-order valence-corrected chi connectivity index (χ3v) is 4.79. The molecule has 2 fully saturated rings. The quantitative estimate of drug-likeness (QED) is 0.904. The summed E-state index contributed by atoms with van der Waals surface area (Å²) in [5, 5.41) is 3.42. The van der Waals surface area contributed by atoms with Crippen molar-refractivity contribution in [2.24, 2.45) is 0 Å². The van der Waals surface area contributed by atoms with Gasteiger partial charge in [0.1, 0.15) is 0 Å². The number of carbonyl (C=O) groups is 1. The molecule has 0 saturated carbocycles. The molecule has 0 radical (unpaired) electrons. The van der Waals surface area contributed by atoms with Crippen molar-refractivity contribution in [3.63, 3.8) is 0 Å². The first-order valence-electron chi connectivity index (χ1n) is 8.14. The molecule has 1 amide bonds. The van der Waals surface area contributed by atoms with Crippen LogP contribution in [0.4, 0.5) is 13.2 Å². The average molecular weight is 326 g/mol. The van der Waals surface area contributed by atoms with Crippen LogP contribution in [-0.4, -0.2) is 29.4 Å². The molecule has 1 aromatic carbocycles. The summed E-state index contributed by atoms with van der Waals surface area (Å²) < 4.78 is 38.6. The molecule has 1 aromatic rings. The minimum atomic E-state index is -4.35. The zero-order valence-corrected chi connectivity index (χ0v) is 12.9. The van der Waals surface area contributed by atoms with Crippen LogP contribution >= 0.6 is 0 Å². The number of fused-ring (bicyclic) bond motifs is 1. The average Bonchev–Trinajstić information content (AvgIpc) is 2.94. The lowest BCUT2D eigenvalue weighted by molar-refractivity contribution is -0.137. The molecule has 23 heavy (non-hydrogen) atoms. The van der Waals surface area contributed by atoms with Gasteiger partial charge in [-0.1, -0.05) is 18.6 Å². The highest BCUT2D eigenvalue weighted by Crippen LogP contribution is 2.31. The largest absolute Gasteiger partial charge is 0.416 e. The number of benzene rings is 1. The molecule has 126 valence electrons. The minimum absolute atomic E-state index is 0.0563. The molecule has 2 atom stereocenters. The summed E-state index contributed by atoms with van der Waals surface area (Å²) in [6.07, 6.45) is -0.0948. The maximum absolute atomic E-state index is 12.9. The van der Waals surface area contributed by atoms with E-state index in [9.17, 15) is 18.0 Å². The first kappa shape index (κ1) is 16.3. The van der Waals surface area contributed by atoms with Crippen molar-refractivity contribution in [1.82, 2.24) is 10.2 Å². The van der Waals surface area contributed by atoms with Crippen molar-refractivity contribution in [3.05, 3.63) is 35.4 Å². The predicted octanol–water partition coefficient (Wildman–Crippen LogP) is 3.34. The van der Waals surface area contributed by atoms with Crippen molar-refractivity contribution in [3.8, 4) is 0 Å². The summed E-state index contributed by atoms with van der Waals surface area (Å²) >= 11 is 0. The van der Waals surface area contributed by atoms with Gasteiger partial charge >= 0.3 is 6.18 Å². The smallest absolute Gasteiger partial charge is 0.334 e. The number of likely N-dealkylation sites (tertiary alicyclic amines) is 1. The van der Waals surface area contributed by atoms with Gasteiger partial charge in [-0.3, -0.25) is 4.79 Å². The highest BCUT2D eigenvalue weighted by Gasteiger charge is 2.36. The number of hydrogen-bond acceptors (Lipinski definition) is 2. The van der Waals surface area contributed by atoms with Crippen LogP contribution in [0.2, 0.25) is 0 Å². The molecule has 0 aliphatic carbocycles. The van der Waals surface area contributed by atoms with E-state index in [4.69, 9.17) is 0 Å². The maximum atomic E-state index is 12.9. The Hall–Kier alpha value is -1.56. The van der Waals surface area contributed by atoms with Gasteiger partial charge < -0.3 is 10.2 Å². The van der Waals surface area contributed by atoms with E-state index in [-0.39, 0.29) is 24.5 Å². The second-order valence-corrected chi connectivity index (χ2v) is 6.38. The number of halogens is 3. The molecular formula is C17H21F3N2O. The van der Waals surface area contributed by atoms with Gasteiger partial charge in [-0.25, -0.2) is 0 Å². The van der Waals surface area contributed by atoms with Crippen molar-refractivity contribution in [1.29, 1.82) is 0 Å². The zero-order valence-electron chi connectivity index (χ0n) is 12.9. The highest BCUT2D eigenvalue weighted by molar-refractivity contribution is 5.76. The SMILES string of the molecule is O=C1CCCCC2NCCC2N1Cc1cccc(C(F)(F)F)c1. The maximum Gasteiger partial charge on any atom is 0.416 e. The van der Waals surface area contributed by atoms with Crippen LogP contribution in [-0.2, 0) is 17.5 Å². The van der Waals surface area contributed by atoms with Gasteiger partial charge in [-0.2, -0.15) is 13.2 Å². The molecule has 3 nitrogen and oxygen atoms in total. The predicted molar refractivity (Wildman–Crippen MR) is 80.7 cm³/mol. The van der Waals surface area contributed by atoms with Gasteiger partial charge in [0.25, 0.3) is 0 Å². The summed E-state index contributed by atoms with van der Waals surface area (Å²) in [7, 11) is 0. The summed E-state index contributed by atoms with van der Waals surface area (Å²) in [6, 6.07) is 5.67. The number of nitrogens with zero attached hydrogens (tertiary/aromatic N) is 1. The van der Waals surface area contributed by atoms with Crippen LogP contribution in [0.1, 0.15) is 43.2 Å². The van der Waals surface area contributed by atoms with Gasteiger partial charge in [0, 0.05) is 25.0 Å². The number of carbonyl (C=O) groups excluding carboxylic acids is 1. The lowest BCUT2D eigenvalue weighted by Crippen LogP contribution is -2.47. The Morgan fingerprint density at radius 1 is 1.22 bits per heavy atom. The van der Waals surface area contributed by atoms with Crippen molar-refractivity contribution >= 4 is 5.91 Å². The van der Waals surface area contributed by atoms with Gasteiger partial charge in [-0.05, 0) is 43.5 Å². The van der Waals surface area contributed by atoms with E-state index < -0.39 is 11.7 Å². The van der Waals surface area contributed by atoms with E-state index in [1.165, 1.54) is 6.07 Å². The number of nitrogens with one attached hydrogen (secondary N) is 1. The van der Waals surface area contributed by atoms with Crippen molar-refractivity contribution < 1.29 is 18.0 Å². The van der Waals surface area contributed by atoms with Gasteiger partial charge in [0.2, 0.25) is 5.91 Å². The van der Waals surface area contributed by atoms with Gasteiger partial charge in [0.05, 0.1) is 5.56 Å². The van der Waals surface area contributed by atoms with Crippen LogP contribution in [0, 0.1) is 0 Å². The normalized spacial score (nSPS) is 25.9. The molecule has 1 N–H and O–H groups in total. The van der Waals surface area contributed by atoms with E-state index >= 15 is 0 Å². The molecule has 2 aliphatic rings. The van der Waals surface area contributed by atoms with E-state index in [0.717, 1.165) is 44.4 Å². The molecule has 2 saturated heterocycles. The third-order valence-electron chi connectivity index (χ3n) is 4.79. The number of amides is 1. The van der Waals surface area contributed by atoms with Crippen LogP contribution < -0.4 is 5.32 Å². The highest BCUT2D eigenvalue weighted by atomic mass is 19.4. The molecule has 2 aliphatic heterocycles. The van der Waals surface area contributed by atoms with E-state index in [1.54, 1.807) is 11.0 Å². The second-order valence-electron chi connectivity index (χ2n) is 6.38. The summed E-state index contributed by atoms with van der Waals surface area (Å²) in [5.41, 5.74) is -0.116. The molecule has 6 heteroatoms. The van der Waals surface area contributed by atoms with Gasteiger partial charge in [-0.15, -0.1) is 0 Å². The number of hydrogen-bond donors (Lipinski definition) is 1. The number of alkyl halides is 3. The Morgan fingerprint density at radius 2 is 2.04 bits per heavy atom. The first-order valence-corrected chi connectivity index (χ1v) is 8.14. The molecule has 0 bridgehead atoms. The van der Waals surface area contributed by atoms with E-state index in [0.29, 0.717) is 12.0 Å². The number of rotatable bonds is 2. The lowest BCUT2D eigenvalue weighted by Gasteiger charge is -2.35. The Bertz CT molecular complexity index is 573. The van der Waals surface area contributed by atoms with Crippen molar-refractivity contribution in [2.75, 3.05) is 6.54 Å². The molecule has 0 aromatic heterocycles. The van der Waals surface area contributed by atoms with E-state index in [2.05, 4.69) is 5.32 Å². The molecule has 0 spiro atoms. The summed E-state index contributed by atoms with van der Waals surface area (Å²) in [5.74, 6) is 0.0563. The topological polar surface area (TPSA) is 32.3 Å². The Balaban J connectivity index is 1.82. The second kappa shape index (κ2) is 6.51. The fraction of sp³-hybridized carbons (Fsp3) is 0.588. The Labute approximate surface area is 133 Å². The van der Waals surface area contributed by atoms with Crippen LogP contribution in [0.3, 0.4) is 0 Å². The summed E-state index contributed by atoms with van der Waals surface area (Å²) in [4.78, 5) is 14.3. The lowest BCUT2D eigenvalue weighted by atomic mass is 9.96. The molecule has 3 rings (SSSR count). The Morgan fingerprint density at radius 3 is 2.83 bits per heavy atom. The van der Waals surface area contributed by atoms with Crippen LogP contribution in [0.25, 0.3) is 0 Å².